The fourth-order valence-corrected chi connectivity index (χ4v) is 7.28. The zero-order valence-electron chi connectivity index (χ0n) is 25.0. The van der Waals surface area contributed by atoms with Crippen LogP contribution < -0.4 is 21.6 Å². The van der Waals surface area contributed by atoms with Crippen molar-refractivity contribution < 1.29 is 14.4 Å². The maximum absolute atomic E-state index is 13.3. The number of nitrogens with zero attached hydrogens (tertiary/aromatic N) is 3. The highest BCUT2D eigenvalue weighted by atomic mass is 16.2. The lowest BCUT2D eigenvalue weighted by molar-refractivity contribution is -0.131. The van der Waals surface area contributed by atoms with Crippen LogP contribution in [0.3, 0.4) is 0 Å². The molecule has 1 saturated heterocycles. The van der Waals surface area contributed by atoms with E-state index in [1.54, 1.807) is 31.1 Å². The molecule has 2 aromatic carbocycles. The lowest BCUT2D eigenvalue weighted by Crippen LogP contribution is -2.46. The van der Waals surface area contributed by atoms with Crippen molar-refractivity contribution in [1.29, 1.82) is 5.26 Å². The van der Waals surface area contributed by atoms with E-state index in [2.05, 4.69) is 37.2 Å². The van der Waals surface area contributed by atoms with Gasteiger partial charge in [-0.2, -0.15) is 10.4 Å². The molecular formula is C32H36N8O4. The molecule has 2 aliphatic carbocycles. The number of carbonyl (C=O) groups is 3. The zero-order chi connectivity index (χ0) is 31.2. The first kappa shape index (κ1) is 29.3. The van der Waals surface area contributed by atoms with E-state index in [1.807, 2.05) is 31.2 Å². The van der Waals surface area contributed by atoms with Crippen LogP contribution in [-0.4, -0.2) is 76.6 Å². The minimum absolute atomic E-state index is 0.0701. The molecule has 3 aromatic rings. The van der Waals surface area contributed by atoms with E-state index in [1.165, 1.54) is 0 Å². The van der Waals surface area contributed by atoms with E-state index in [0.717, 1.165) is 35.1 Å². The highest BCUT2D eigenvalue weighted by Crippen LogP contribution is 2.48. The van der Waals surface area contributed by atoms with Gasteiger partial charge in [-0.05, 0) is 91.5 Å². The molecular weight excluding hydrogens is 560 g/mol. The monoisotopic (exact) mass is 596 g/mol. The number of hydrogen-bond donors (Lipinski definition) is 5. The Morgan fingerprint density at radius 1 is 1.05 bits per heavy atom. The number of H-pyrrole nitrogens is 2. The Labute approximate surface area is 254 Å². The van der Waals surface area contributed by atoms with Crippen molar-refractivity contribution in [2.45, 2.75) is 62.6 Å². The standard InChI is InChI=1S/C32H36N8O4/c1-17(36-16-27(41)40-23(15-33)12-22-13-26(22)40)14-32(30-37-31(44)39-38-30)24-8-6-20(28(42)34-2)10-18(24)4-5-19-11-21(29(43)35-3)7-9-25(19)32/h6-11,17,22-23,26,36H,4-5,12-14,16H2,1-3H3,(H,34,42)(H,35,43)(H2,37,38,39,44)/t17-,22-,23?,26+/m1/s1. The van der Waals surface area contributed by atoms with Gasteiger partial charge in [0, 0.05) is 37.3 Å². The Morgan fingerprint density at radius 3 is 2.18 bits per heavy atom. The Bertz CT molecular complexity index is 1670. The average molecular weight is 597 g/mol. The molecule has 2 heterocycles. The Morgan fingerprint density at radius 2 is 1.66 bits per heavy atom. The predicted octanol–water partition coefficient (Wildman–Crippen LogP) is 1.13. The summed E-state index contributed by atoms with van der Waals surface area (Å²) >= 11 is 0. The van der Waals surface area contributed by atoms with Crippen molar-refractivity contribution in [3.8, 4) is 6.07 Å². The molecule has 12 heteroatoms. The van der Waals surface area contributed by atoms with Crippen LogP contribution in [0.25, 0.3) is 0 Å². The first-order chi connectivity index (χ1) is 21.2. The van der Waals surface area contributed by atoms with Gasteiger partial charge in [0.15, 0.2) is 0 Å². The number of rotatable bonds is 8. The molecule has 2 fully saturated rings. The van der Waals surface area contributed by atoms with Crippen LogP contribution in [0.2, 0.25) is 0 Å². The van der Waals surface area contributed by atoms with Gasteiger partial charge in [-0.1, -0.05) is 12.1 Å². The van der Waals surface area contributed by atoms with E-state index in [9.17, 15) is 24.4 Å². The quantitative estimate of drug-likeness (QED) is 0.259. The number of aromatic amines is 2. The number of benzene rings is 2. The molecule has 3 amide bonds. The molecule has 1 aliphatic heterocycles. The number of nitriles is 1. The summed E-state index contributed by atoms with van der Waals surface area (Å²) in [5, 5.41) is 25.3. The molecule has 3 aliphatic rings. The predicted molar refractivity (Wildman–Crippen MR) is 161 cm³/mol. The number of nitrogens with one attached hydrogen (secondary N) is 5. The highest BCUT2D eigenvalue weighted by molar-refractivity contribution is 5.95. The van der Waals surface area contributed by atoms with Crippen molar-refractivity contribution in [3.63, 3.8) is 0 Å². The number of aromatic nitrogens is 3. The average Bonchev–Trinajstić information content (AvgIpc) is 3.53. The fraction of sp³-hybridized carbons (Fsp3) is 0.438. The van der Waals surface area contributed by atoms with Crippen molar-refractivity contribution in [2.75, 3.05) is 20.6 Å². The second-order valence-electron chi connectivity index (χ2n) is 12.1. The van der Waals surface area contributed by atoms with Crippen LogP contribution in [0.15, 0.2) is 41.2 Å². The molecule has 1 unspecified atom stereocenters. The van der Waals surface area contributed by atoms with Gasteiger partial charge in [-0.3, -0.25) is 19.4 Å². The molecule has 5 N–H and O–H groups in total. The number of fused-ring (bicyclic) bond motifs is 3. The Hall–Kier alpha value is -4.76. The lowest BCUT2D eigenvalue weighted by atomic mass is 9.67. The third-order valence-corrected chi connectivity index (χ3v) is 9.43. The molecule has 0 bridgehead atoms. The van der Waals surface area contributed by atoms with E-state index in [4.69, 9.17) is 0 Å². The summed E-state index contributed by atoms with van der Waals surface area (Å²) in [5.41, 5.74) is 3.17. The van der Waals surface area contributed by atoms with Gasteiger partial charge in [0.05, 0.1) is 18.0 Å². The molecule has 1 saturated carbocycles. The minimum atomic E-state index is -0.997. The van der Waals surface area contributed by atoms with Gasteiger partial charge in [0.1, 0.15) is 11.9 Å². The zero-order valence-corrected chi connectivity index (χ0v) is 25.0. The number of hydrogen-bond acceptors (Lipinski definition) is 7. The van der Waals surface area contributed by atoms with E-state index in [-0.39, 0.29) is 42.4 Å². The molecule has 0 radical (unpaired) electrons. The van der Waals surface area contributed by atoms with Gasteiger partial charge in [-0.15, -0.1) is 0 Å². The normalized spacial score (nSPS) is 21.6. The summed E-state index contributed by atoms with van der Waals surface area (Å²) in [5.74, 6) is 0.317. The summed E-state index contributed by atoms with van der Waals surface area (Å²) in [6, 6.07) is 12.9. The van der Waals surface area contributed by atoms with Gasteiger partial charge < -0.3 is 20.9 Å². The summed E-state index contributed by atoms with van der Waals surface area (Å²) in [7, 11) is 3.17. The van der Waals surface area contributed by atoms with Crippen LogP contribution >= 0.6 is 0 Å². The van der Waals surface area contributed by atoms with Crippen LogP contribution in [0, 0.1) is 17.2 Å². The van der Waals surface area contributed by atoms with Gasteiger partial charge >= 0.3 is 5.69 Å². The van der Waals surface area contributed by atoms with Gasteiger partial charge in [0.2, 0.25) is 5.91 Å². The SMILES string of the molecule is CNC(=O)c1ccc2c(c1)CCc1cc(C(=O)NC)ccc1C2(C[C@@H](C)NCC(=O)N1C(C#N)C[C@@H]2C[C@@H]21)c1n[nH]c(=O)[nH]1. The van der Waals surface area contributed by atoms with E-state index < -0.39 is 11.1 Å². The fourth-order valence-electron chi connectivity index (χ4n) is 7.28. The third-order valence-electron chi connectivity index (χ3n) is 9.43. The summed E-state index contributed by atoms with van der Waals surface area (Å²) < 4.78 is 0. The molecule has 228 valence electrons. The highest BCUT2D eigenvalue weighted by Gasteiger charge is 2.54. The van der Waals surface area contributed by atoms with Crippen molar-refractivity contribution >= 4 is 17.7 Å². The van der Waals surface area contributed by atoms with Crippen molar-refractivity contribution in [2.24, 2.45) is 5.92 Å². The third kappa shape index (κ3) is 4.97. The number of likely N-dealkylation sites (tertiary alicyclic amines) is 1. The van der Waals surface area contributed by atoms with Gasteiger partial charge in [0.25, 0.3) is 11.8 Å². The first-order valence-electron chi connectivity index (χ1n) is 15.0. The van der Waals surface area contributed by atoms with Crippen LogP contribution in [0.4, 0.5) is 0 Å². The lowest BCUT2D eigenvalue weighted by Gasteiger charge is -2.37. The molecule has 0 spiro atoms. The van der Waals surface area contributed by atoms with Gasteiger partial charge in [-0.25, -0.2) is 9.89 Å². The number of amides is 3. The molecule has 12 nitrogen and oxygen atoms in total. The maximum atomic E-state index is 13.3. The maximum Gasteiger partial charge on any atom is 0.340 e. The number of aryl methyl sites for hydroxylation is 2. The molecule has 6 rings (SSSR count). The molecule has 1 aromatic heterocycles. The van der Waals surface area contributed by atoms with Crippen molar-refractivity contribution in [3.05, 3.63) is 86.1 Å². The van der Waals surface area contributed by atoms with Crippen LogP contribution in [0.1, 0.15) is 75.0 Å². The second-order valence-corrected chi connectivity index (χ2v) is 12.1. The van der Waals surface area contributed by atoms with Crippen molar-refractivity contribution in [1.82, 2.24) is 36.0 Å². The molecule has 4 atom stereocenters. The van der Waals surface area contributed by atoms with Crippen LogP contribution in [0.5, 0.6) is 0 Å². The Kier molecular flexibility index (Phi) is 7.59. The summed E-state index contributed by atoms with van der Waals surface area (Å²) in [4.78, 5) is 55.7. The number of piperidine rings is 1. The topological polar surface area (TPSA) is 176 Å². The smallest absolute Gasteiger partial charge is 0.340 e. The number of carbonyl (C=O) groups excluding carboxylic acids is 3. The van der Waals surface area contributed by atoms with Crippen LogP contribution in [-0.2, 0) is 23.1 Å². The minimum Gasteiger partial charge on any atom is -0.355 e. The van der Waals surface area contributed by atoms with E-state index in [0.29, 0.717) is 42.1 Å². The molecule has 44 heavy (non-hydrogen) atoms. The van der Waals surface area contributed by atoms with E-state index >= 15 is 0 Å². The first-order valence-corrected chi connectivity index (χ1v) is 15.0. The Balaban J connectivity index is 1.43. The second kappa shape index (κ2) is 11.4. The summed E-state index contributed by atoms with van der Waals surface area (Å²) in [6.45, 7) is 2.05. The largest absolute Gasteiger partial charge is 0.355 e. The summed E-state index contributed by atoms with van der Waals surface area (Å²) in [6.07, 6.45) is 3.27.